The van der Waals surface area contributed by atoms with E-state index in [1.165, 1.54) is 44.9 Å². The fourth-order valence-corrected chi connectivity index (χ4v) is 9.80. The summed E-state index contributed by atoms with van der Waals surface area (Å²) in [6.07, 6.45) is 16.8. The maximum atomic E-state index is 11.1. The molecular weight excluding hydrogens is 422 g/mol. The molecule has 1 heterocycles. The first-order valence-corrected chi connectivity index (χ1v) is 14.0. The number of nitriles is 1. The first-order valence-electron chi connectivity index (χ1n) is 14.0. The third-order valence-electron chi connectivity index (χ3n) is 11.3. The minimum Gasteiger partial charge on any atom is -0.390 e. The monoisotopic (exact) mass is 467 g/mol. The molecule has 1 unspecified atom stereocenters. The van der Waals surface area contributed by atoms with Crippen LogP contribution in [0.15, 0.2) is 12.4 Å². The number of hydrogen-bond acceptors (Lipinski definition) is 4. The van der Waals surface area contributed by atoms with Crippen LogP contribution in [0, 0.1) is 52.3 Å². The molecule has 0 bridgehead atoms. The minimum atomic E-state index is -0.386. The van der Waals surface area contributed by atoms with E-state index in [1.54, 1.807) is 6.20 Å². The number of aromatic nitrogens is 2. The van der Waals surface area contributed by atoms with Gasteiger partial charge in [-0.3, -0.25) is 4.68 Å². The van der Waals surface area contributed by atoms with E-state index in [4.69, 9.17) is 4.74 Å². The maximum absolute atomic E-state index is 11.1. The first kappa shape index (κ1) is 24.3. The summed E-state index contributed by atoms with van der Waals surface area (Å²) in [4.78, 5) is 0. The van der Waals surface area contributed by atoms with Crippen molar-refractivity contribution in [2.24, 2.45) is 40.9 Å². The van der Waals surface area contributed by atoms with Gasteiger partial charge in [0.25, 0.3) is 0 Å². The van der Waals surface area contributed by atoms with Crippen molar-refractivity contribution in [1.29, 1.82) is 5.26 Å². The summed E-state index contributed by atoms with van der Waals surface area (Å²) in [5.74, 6) is 4.58. The fourth-order valence-electron chi connectivity index (χ4n) is 9.80. The van der Waals surface area contributed by atoms with E-state index in [0.29, 0.717) is 23.4 Å². The van der Waals surface area contributed by atoms with E-state index in [-0.39, 0.29) is 11.2 Å². The Bertz CT molecular complexity index is 923. The minimum absolute atomic E-state index is 0.284. The largest absolute Gasteiger partial charge is 0.390 e. The number of nitrogens with zero attached hydrogens (tertiary/aromatic N) is 3. The molecule has 1 aromatic heterocycles. The van der Waals surface area contributed by atoms with Crippen LogP contribution in [0.1, 0.15) is 97.0 Å². The molecule has 4 aliphatic rings. The van der Waals surface area contributed by atoms with Crippen LogP contribution in [0.2, 0.25) is 0 Å². The van der Waals surface area contributed by atoms with Crippen LogP contribution in [-0.4, -0.2) is 33.2 Å². The Kier molecular flexibility index (Phi) is 6.39. The molecule has 1 aromatic rings. The van der Waals surface area contributed by atoms with Crippen molar-refractivity contribution in [1.82, 2.24) is 9.78 Å². The Hall–Kier alpha value is -1.38. The van der Waals surface area contributed by atoms with Crippen LogP contribution >= 0.6 is 0 Å². The van der Waals surface area contributed by atoms with E-state index >= 15 is 0 Å². The SMILES string of the molecule is CCC[C@@]1(O)CC[C@H]2[C@H](CC[C@H]3C4CC[C@H]([C@@](C)(Cn5cc(C#N)cn5)OC)[C@@]4(C)CC[C@H]23)C1. The second-order valence-electron chi connectivity index (χ2n) is 12.9. The zero-order valence-electron chi connectivity index (χ0n) is 21.8. The molecule has 1 N–H and O–H groups in total. The van der Waals surface area contributed by atoms with Gasteiger partial charge in [-0.2, -0.15) is 10.4 Å². The number of ether oxygens (including phenoxy) is 1. The highest BCUT2D eigenvalue weighted by atomic mass is 16.5. The number of aliphatic hydroxyl groups is 1. The Morgan fingerprint density at radius 2 is 1.97 bits per heavy atom. The van der Waals surface area contributed by atoms with Gasteiger partial charge in [-0.25, -0.2) is 0 Å². The summed E-state index contributed by atoms with van der Waals surface area (Å²) in [5, 5.41) is 24.8. The molecule has 4 aliphatic carbocycles. The van der Waals surface area contributed by atoms with Gasteiger partial charge in [0.2, 0.25) is 0 Å². The predicted octanol–water partition coefficient (Wildman–Crippen LogP) is 5.96. The van der Waals surface area contributed by atoms with E-state index < -0.39 is 0 Å². The quantitative estimate of drug-likeness (QED) is 0.560. The van der Waals surface area contributed by atoms with Crippen LogP contribution in [0.5, 0.6) is 0 Å². The molecule has 0 aliphatic heterocycles. The van der Waals surface area contributed by atoms with Gasteiger partial charge in [0.05, 0.1) is 29.5 Å². The standard InChI is InChI=1S/C29H45N3O2/c1-5-12-29(33)14-11-22-21(15-29)6-7-24-23(22)10-13-27(2)25(24)8-9-26(27)28(3,34-4)19-32-18-20(16-30)17-31-32/h17-18,21-26,33H,5-15,19H2,1-4H3/t21-,22+,23-,24-,25?,26+,27+,28-,29-/m1/s1. The highest BCUT2D eigenvalue weighted by molar-refractivity contribution is 5.22. The molecular formula is C29H45N3O2. The average molecular weight is 468 g/mol. The molecule has 9 atom stereocenters. The molecule has 188 valence electrons. The third-order valence-corrected chi connectivity index (χ3v) is 11.3. The van der Waals surface area contributed by atoms with Gasteiger partial charge in [-0.1, -0.05) is 20.3 Å². The summed E-state index contributed by atoms with van der Waals surface area (Å²) >= 11 is 0. The van der Waals surface area contributed by atoms with Gasteiger partial charge in [0.15, 0.2) is 0 Å². The van der Waals surface area contributed by atoms with Crippen LogP contribution in [0.3, 0.4) is 0 Å². The lowest BCUT2D eigenvalue weighted by Gasteiger charge is -2.58. The molecule has 4 saturated carbocycles. The molecule has 0 saturated heterocycles. The van der Waals surface area contributed by atoms with Gasteiger partial charge >= 0.3 is 0 Å². The maximum Gasteiger partial charge on any atom is 0.102 e. The number of hydrogen-bond donors (Lipinski definition) is 1. The summed E-state index contributed by atoms with van der Waals surface area (Å²) in [5.41, 5.74) is 0.252. The van der Waals surface area contributed by atoms with Gasteiger partial charge in [0.1, 0.15) is 6.07 Å². The summed E-state index contributed by atoms with van der Waals surface area (Å²) < 4.78 is 8.19. The van der Waals surface area contributed by atoms with Crippen LogP contribution in [0.4, 0.5) is 0 Å². The van der Waals surface area contributed by atoms with E-state index in [9.17, 15) is 10.4 Å². The highest BCUT2D eigenvalue weighted by Crippen LogP contribution is 2.66. The Labute approximate surface area is 206 Å². The first-order chi connectivity index (χ1) is 16.2. The molecule has 5 nitrogen and oxygen atoms in total. The average Bonchev–Trinajstić information content (AvgIpc) is 3.42. The molecule has 0 radical (unpaired) electrons. The van der Waals surface area contributed by atoms with Crippen molar-refractivity contribution in [2.75, 3.05) is 7.11 Å². The van der Waals surface area contributed by atoms with Crippen molar-refractivity contribution in [2.45, 2.75) is 109 Å². The van der Waals surface area contributed by atoms with Crippen molar-refractivity contribution in [3.8, 4) is 6.07 Å². The molecule has 34 heavy (non-hydrogen) atoms. The topological polar surface area (TPSA) is 71.1 Å². The Morgan fingerprint density at radius 1 is 1.18 bits per heavy atom. The second kappa shape index (κ2) is 8.93. The Morgan fingerprint density at radius 3 is 2.68 bits per heavy atom. The summed E-state index contributed by atoms with van der Waals surface area (Å²) in [7, 11) is 1.86. The molecule has 5 heteroatoms. The van der Waals surface area contributed by atoms with Crippen LogP contribution < -0.4 is 0 Å². The van der Waals surface area contributed by atoms with Gasteiger partial charge < -0.3 is 9.84 Å². The van der Waals surface area contributed by atoms with E-state index in [1.807, 2.05) is 18.0 Å². The highest BCUT2D eigenvalue weighted by Gasteiger charge is 2.61. The molecule has 0 spiro atoms. The van der Waals surface area contributed by atoms with Crippen LogP contribution in [0.25, 0.3) is 0 Å². The number of fused-ring (bicyclic) bond motifs is 5. The van der Waals surface area contributed by atoms with Crippen molar-refractivity contribution in [3.63, 3.8) is 0 Å². The fraction of sp³-hybridized carbons (Fsp3) is 0.862. The van der Waals surface area contributed by atoms with Crippen LogP contribution in [-0.2, 0) is 11.3 Å². The zero-order valence-corrected chi connectivity index (χ0v) is 21.8. The number of methoxy groups -OCH3 is 1. The molecule has 5 rings (SSSR count). The smallest absolute Gasteiger partial charge is 0.102 e. The number of rotatable bonds is 6. The lowest BCUT2D eigenvalue weighted by molar-refractivity contribution is -0.139. The lowest BCUT2D eigenvalue weighted by atomic mass is 9.48. The van der Waals surface area contributed by atoms with Crippen molar-refractivity contribution in [3.05, 3.63) is 18.0 Å². The normalized spacial score (nSPS) is 43.3. The summed E-state index contributed by atoms with van der Waals surface area (Å²) in [6.45, 7) is 7.76. The zero-order chi connectivity index (χ0) is 24.1. The van der Waals surface area contributed by atoms with Crippen molar-refractivity contribution < 1.29 is 9.84 Å². The summed E-state index contributed by atoms with van der Waals surface area (Å²) in [6, 6.07) is 2.20. The lowest BCUT2D eigenvalue weighted by Crippen LogP contribution is -2.54. The van der Waals surface area contributed by atoms with Gasteiger partial charge in [-0.15, -0.1) is 0 Å². The molecule has 4 fully saturated rings. The predicted molar refractivity (Wildman–Crippen MR) is 133 cm³/mol. The van der Waals surface area contributed by atoms with Crippen molar-refractivity contribution >= 4 is 0 Å². The van der Waals surface area contributed by atoms with Gasteiger partial charge in [-0.05, 0) is 112 Å². The van der Waals surface area contributed by atoms with E-state index in [2.05, 4.69) is 31.9 Å². The second-order valence-corrected chi connectivity index (χ2v) is 12.9. The molecule has 0 aromatic carbocycles. The third kappa shape index (κ3) is 3.94. The molecule has 0 amide bonds. The van der Waals surface area contributed by atoms with E-state index in [0.717, 1.165) is 55.3 Å². The van der Waals surface area contributed by atoms with Gasteiger partial charge in [0, 0.05) is 13.3 Å². The Balaban J connectivity index is 1.33.